The molecule has 4 heteroatoms. The Balaban J connectivity index is 2.42. The van der Waals surface area contributed by atoms with Crippen molar-refractivity contribution in [2.24, 2.45) is 0 Å². The van der Waals surface area contributed by atoms with E-state index in [2.05, 4.69) is 41.1 Å². The minimum Gasteiger partial charge on any atom is -0.378 e. The Bertz CT molecular complexity index is 535. The fourth-order valence-corrected chi connectivity index (χ4v) is 2.79. The van der Waals surface area contributed by atoms with Crippen LogP contribution >= 0.6 is 23.6 Å². The van der Waals surface area contributed by atoms with Crippen LogP contribution < -0.4 is 4.90 Å². The van der Waals surface area contributed by atoms with Crippen molar-refractivity contribution >= 4 is 29.2 Å². The lowest BCUT2D eigenvalue weighted by molar-refractivity contribution is 1.13. The first-order valence-corrected chi connectivity index (χ1v) is 6.28. The van der Waals surface area contributed by atoms with Crippen molar-refractivity contribution in [2.75, 3.05) is 19.0 Å². The third-order valence-electron chi connectivity index (χ3n) is 2.50. The summed E-state index contributed by atoms with van der Waals surface area (Å²) >= 11 is 6.77. The molecule has 84 valence electrons. The largest absolute Gasteiger partial charge is 0.378 e. The molecule has 0 aliphatic carbocycles. The van der Waals surface area contributed by atoms with Gasteiger partial charge in [0.15, 0.2) is 3.95 Å². The molecule has 0 saturated carbocycles. The van der Waals surface area contributed by atoms with E-state index in [4.69, 9.17) is 12.2 Å². The normalized spacial score (nSPS) is 10.4. The average molecular weight is 250 g/mol. The van der Waals surface area contributed by atoms with E-state index in [0.717, 1.165) is 9.65 Å². The van der Waals surface area contributed by atoms with Gasteiger partial charge in [0, 0.05) is 24.7 Å². The third-order valence-corrected chi connectivity index (χ3v) is 3.65. The Morgan fingerprint density at radius 2 is 1.81 bits per heavy atom. The number of aromatic nitrogens is 1. The molecule has 0 spiro atoms. The minimum absolute atomic E-state index is 0.837. The number of rotatable bonds is 2. The standard InChI is InChI=1S/C12H14N2S2/c1-8-11(13-12(15)16-8)9-4-6-10(7-5-9)14(2)3/h4-7H,1-3H3,(H,13,15). The number of anilines is 1. The first-order valence-electron chi connectivity index (χ1n) is 5.05. The summed E-state index contributed by atoms with van der Waals surface area (Å²) in [7, 11) is 4.08. The van der Waals surface area contributed by atoms with E-state index in [-0.39, 0.29) is 0 Å². The molecular formula is C12H14N2S2. The van der Waals surface area contributed by atoms with E-state index < -0.39 is 0 Å². The zero-order valence-corrected chi connectivity index (χ0v) is 11.2. The van der Waals surface area contributed by atoms with Gasteiger partial charge in [-0.3, -0.25) is 0 Å². The van der Waals surface area contributed by atoms with Gasteiger partial charge in [-0.1, -0.05) is 12.1 Å². The van der Waals surface area contributed by atoms with E-state index in [1.54, 1.807) is 11.3 Å². The fraction of sp³-hybridized carbons (Fsp3) is 0.250. The topological polar surface area (TPSA) is 19.0 Å². The van der Waals surface area contributed by atoms with Crippen molar-refractivity contribution in [3.05, 3.63) is 33.1 Å². The van der Waals surface area contributed by atoms with E-state index in [1.165, 1.54) is 16.1 Å². The predicted molar refractivity (Wildman–Crippen MR) is 74.0 cm³/mol. The second kappa shape index (κ2) is 4.39. The molecule has 1 N–H and O–H groups in total. The van der Waals surface area contributed by atoms with Crippen LogP contribution in [0.2, 0.25) is 0 Å². The summed E-state index contributed by atoms with van der Waals surface area (Å²) in [6.07, 6.45) is 0. The van der Waals surface area contributed by atoms with Crippen molar-refractivity contribution < 1.29 is 0 Å². The molecule has 16 heavy (non-hydrogen) atoms. The van der Waals surface area contributed by atoms with Crippen molar-refractivity contribution in [2.45, 2.75) is 6.92 Å². The van der Waals surface area contributed by atoms with Gasteiger partial charge in [-0.25, -0.2) is 0 Å². The molecule has 2 aromatic rings. The highest BCUT2D eigenvalue weighted by Gasteiger charge is 2.05. The zero-order chi connectivity index (χ0) is 11.7. The number of nitrogens with zero attached hydrogens (tertiary/aromatic N) is 1. The molecule has 1 heterocycles. The third kappa shape index (κ3) is 2.18. The minimum atomic E-state index is 0.837. The SMILES string of the molecule is Cc1sc(=S)[nH]c1-c1ccc(N(C)C)cc1. The quantitative estimate of drug-likeness (QED) is 0.816. The van der Waals surface area contributed by atoms with Crippen molar-refractivity contribution in [1.82, 2.24) is 4.98 Å². The van der Waals surface area contributed by atoms with Gasteiger partial charge in [0.2, 0.25) is 0 Å². The van der Waals surface area contributed by atoms with Crippen molar-refractivity contribution in [1.29, 1.82) is 0 Å². The fourth-order valence-electron chi connectivity index (χ4n) is 1.61. The first-order chi connectivity index (χ1) is 7.58. The maximum atomic E-state index is 5.14. The lowest BCUT2D eigenvalue weighted by atomic mass is 10.1. The number of hydrogen-bond acceptors (Lipinski definition) is 3. The van der Waals surface area contributed by atoms with Crippen LogP contribution in [0.5, 0.6) is 0 Å². The molecule has 1 aromatic carbocycles. The summed E-state index contributed by atoms with van der Waals surface area (Å²) in [5.74, 6) is 0. The summed E-state index contributed by atoms with van der Waals surface area (Å²) in [4.78, 5) is 6.56. The Kier molecular flexibility index (Phi) is 3.12. The predicted octanol–water partition coefficient (Wildman–Crippen LogP) is 3.85. The molecule has 0 bridgehead atoms. The van der Waals surface area contributed by atoms with Crippen LogP contribution in [0.4, 0.5) is 5.69 Å². The molecule has 0 amide bonds. The molecule has 2 rings (SSSR count). The van der Waals surface area contributed by atoms with Gasteiger partial charge in [0.05, 0.1) is 5.69 Å². The van der Waals surface area contributed by atoms with Crippen molar-refractivity contribution in [3.63, 3.8) is 0 Å². The Labute approximate surface area is 105 Å². The molecule has 1 aromatic heterocycles. The smallest absolute Gasteiger partial charge is 0.159 e. The van der Waals surface area contributed by atoms with Crippen LogP contribution in [0.15, 0.2) is 24.3 Å². The van der Waals surface area contributed by atoms with Crippen molar-refractivity contribution in [3.8, 4) is 11.3 Å². The van der Waals surface area contributed by atoms with Gasteiger partial charge in [-0.2, -0.15) is 0 Å². The van der Waals surface area contributed by atoms with E-state index in [0.29, 0.717) is 0 Å². The van der Waals surface area contributed by atoms with Gasteiger partial charge in [-0.05, 0) is 36.8 Å². The summed E-state index contributed by atoms with van der Waals surface area (Å²) in [5, 5.41) is 0. The zero-order valence-electron chi connectivity index (χ0n) is 9.57. The summed E-state index contributed by atoms with van der Waals surface area (Å²) in [6, 6.07) is 8.47. The van der Waals surface area contributed by atoms with Gasteiger partial charge < -0.3 is 9.88 Å². The lowest BCUT2D eigenvalue weighted by Crippen LogP contribution is -2.07. The maximum Gasteiger partial charge on any atom is 0.159 e. The molecule has 0 unspecified atom stereocenters. The first kappa shape index (κ1) is 11.4. The average Bonchev–Trinajstić information content (AvgIpc) is 2.58. The maximum absolute atomic E-state index is 5.14. The second-order valence-corrected chi connectivity index (χ2v) is 5.78. The Hall–Kier alpha value is -1.13. The highest BCUT2D eigenvalue weighted by Crippen LogP contribution is 2.27. The van der Waals surface area contributed by atoms with Gasteiger partial charge in [-0.15, -0.1) is 11.3 Å². The lowest BCUT2D eigenvalue weighted by Gasteiger charge is -2.12. The van der Waals surface area contributed by atoms with Gasteiger partial charge in [0.1, 0.15) is 0 Å². The molecule has 0 atom stereocenters. The highest BCUT2D eigenvalue weighted by atomic mass is 32.1. The van der Waals surface area contributed by atoms with Gasteiger partial charge in [0.25, 0.3) is 0 Å². The number of nitrogens with one attached hydrogen (secondary N) is 1. The number of aryl methyl sites for hydroxylation is 1. The number of thiazole rings is 1. The van der Waals surface area contributed by atoms with Crippen LogP contribution in [0.1, 0.15) is 4.88 Å². The van der Waals surface area contributed by atoms with E-state index in [9.17, 15) is 0 Å². The Morgan fingerprint density at radius 1 is 1.19 bits per heavy atom. The molecular weight excluding hydrogens is 236 g/mol. The Morgan fingerprint density at radius 3 is 2.25 bits per heavy atom. The summed E-state index contributed by atoms with van der Waals surface area (Å²) < 4.78 is 0.837. The van der Waals surface area contributed by atoms with Crippen LogP contribution in [0.25, 0.3) is 11.3 Å². The molecule has 0 fully saturated rings. The van der Waals surface area contributed by atoms with Crippen LogP contribution in [-0.2, 0) is 0 Å². The van der Waals surface area contributed by atoms with Gasteiger partial charge >= 0.3 is 0 Å². The number of hydrogen-bond donors (Lipinski definition) is 1. The summed E-state index contributed by atoms with van der Waals surface area (Å²) in [6.45, 7) is 2.09. The number of aromatic amines is 1. The highest BCUT2D eigenvalue weighted by molar-refractivity contribution is 7.73. The second-order valence-electron chi connectivity index (χ2n) is 3.89. The van der Waals surface area contributed by atoms with Crippen LogP contribution in [-0.4, -0.2) is 19.1 Å². The number of H-pyrrole nitrogens is 1. The monoisotopic (exact) mass is 250 g/mol. The molecule has 0 aliphatic rings. The molecule has 0 aliphatic heterocycles. The van der Waals surface area contributed by atoms with E-state index >= 15 is 0 Å². The van der Waals surface area contributed by atoms with Crippen LogP contribution in [0, 0.1) is 10.9 Å². The van der Waals surface area contributed by atoms with Crippen LogP contribution in [0.3, 0.4) is 0 Å². The number of benzene rings is 1. The molecule has 2 nitrogen and oxygen atoms in total. The molecule has 0 radical (unpaired) electrons. The summed E-state index contributed by atoms with van der Waals surface area (Å²) in [5.41, 5.74) is 3.53. The van der Waals surface area contributed by atoms with E-state index in [1.807, 2.05) is 14.1 Å². The molecule has 0 saturated heterocycles.